The number of amidine groups is 1. The molecule has 12 nitrogen and oxygen atoms in total. The van der Waals surface area contributed by atoms with Crippen molar-refractivity contribution in [3.8, 4) is 5.75 Å². The van der Waals surface area contributed by atoms with Crippen molar-refractivity contribution < 1.29 is 30.1 Å². The number of rotatable bonds is 5. The van der Waals surface area contributed by atoms with Crippen LogP contribution < -0.4 is 0 Å². The number of aliphatic hydroxyl groups excluding tert-OH is 3. The van der Waals surface area contributed by atoms with Gasteiger partial charge in [0.05, 0.1) is 11.5 Å². The van der Waals surface area contributed by atoms with E-state index in [0.29, 0.717) is 11.5 Å². The van der Waals surface area contributed by atoms with Crippen LogP contribution in [0.5, 0.6) is 5.75 Å². The number of hydrogen-bond donors (Lipinski definition) is 5. The fourth-order valence-corrected chi connectivity index (χ4v) is 4.06. The number of nitro benzene ring substituents is 1. The maximum atomic E-state index is 11.1. The zero-order valence-electron chi connectivity index (χ0n) is 15.4. The Balaban J connectivity index is 1.59. The van der Waals surface area contributed by atoms with E-state index in [1.165, 1.54) is 29.4 Å². The van der Waals surface area contributed by atoms with Crippen LogP contribution in [0.25, 0.3) is 0 Å². The summed E-state index contributed by atoms with van der Waals surface area (Å²) in [6.07, 6.45) is -3.28. The van der Waals surface area contributed by atoms with Gasteiger partial charge in [-0.2, -0.15) is 0 Å². The Morgan fingerprint density at radius 1 is 1.37 bits per heavy atom. The Kier molecular flexibility index (Phi) is 5.23. The lowest BCUT2D eigenvalue weighted by Crippen LogP contribution is -2.50. The quantitative estimate of drug-likeness (QED) is 0.223. The molecule has 3 aliphatic rings. The summed E-state index contributed by atoms with van der Waals surface area (Å²) in [5, 5.41) is 50.9. The number of nitro groups is 1. The van der Waals surface area contributed by atoms with E-state index in [1.807, 2.05) is 0 Å². The minimum Gasteiger partial charge on any atom is -0.508 e. The predicted octanol–water partition coefficient (Wildman–Crippen LogP) is -0.938. The first-order chi connectivity index (χ1) is 14.2. The van der Waals surface area contributed by atoms with E-state index >= 15 is 0 Å². The second kappa shape index (κ2) is 7.59. The van der Waals surface area contributed by atoms with Crippen molar-refractivity contribution in [1.29, 1.82) is 0 Å². The molecule has 1 fully saturated rings. The fourth-order valence-electron chi connectivity index (χ4n) is 3.66. The molecule has 5 atom stereocenters. The number of fused-ring (bicyclic) bond motifs is 1. The van der Waals surface area contributed by atoms with Crippen molar-refractivity contribution in [3.63, 3.8) is 0 Å². The molecule has 0 spiro atoms. The first-order valence-corrected chi connectivity index (χ1v) is 9.44. The number of benzene rings is 1. The van der Waals surface area contributed by atoms with Gasteiger partial charge >= 0.3 is 0 Å². The highest BCUT2D eigenvalue weighted by Crippen LogP contribution is 2.36. The number of nitrogens with zero attached hydrogens (tertiary/aromatic N) is 5. The van der Waals surface area contributed by atoms with Gasteiger partial charge in [0.2, 0.25) is 0 Å². The SMILES string of the molecule is O=[N+]([O-])c1ccc(O)c(CC2(S)N=CN=C3C2=NCN3[C@@H]2O[C@H](CO)[C@@H](O)[C@H]2O)c1. The molecule has 13 heteroatoms. The van der Waals surface area contributed by atoms with Gasteiger partial charge in [0.15, 0.2) is 16.9 Å². The zero-order valence-corrected chi connectivity index (χ0v) is 16.3. The predicted molar refractivity (Wildman–Crippen MR) is 108 cm³/mol. The molecular formula is C17H19N5O7S. The van der Waals surface area contributed by atoms with E-state index < -0.39 is 40.9 Å². The molecule has 4 rings (SSSR count). The van der Waals surface area contributed by atoms with E-state index in [2.05, 4.69) is 27.6 Å². The number of ether oxygens (including phenoxy) is 1. The third-order valence-electron chi connectivity index (χ3n) is 5.23. The topological polar surface area (TPSA) is 174 Å². The highest BCUT2D eigenvalue weighted by molar-refractivity contribution is 7.83. The highest BCUT2D eigenvalue weighted by Gasteiger charge is 2.50. The van der Waals surface area contributed by atoms with E-state index in [1.54, 1.807) is 0 Å². The van der Waals surface area contributed by atoms with Crippen LogP contribution in [0.4, 0.5) is 5.69 Å². The van der Waals surface area contributed by atoms with E-state index in [4.69, 9.17) is 4.74 Å². The Labute approximate surface area is 175 Å². The molecule has 0 amide bonds. The molecule has 1 aromatic rings. The molecule has 1 saturated heterocycles. The minimum atomic E-state index is -1.30. The third-order valence-corrected chi connectivity index (χ3v) is 5.72. The highest BCUT2D eigenvalue weighted by atomic mass is 32.1. The molecule has 1 unspecified atom stereocenters. The van der Waals surface area contributed by atoms with Crippen LogP contribution in [0.3, 0.4) is 0 Å². The molecule has 0 saturated carbocycles. The van der Waals surface area contributed by atoms with E-state index in [0.717, 1.165) is 0 Å². The van der Waals surface area contributed by atoms with Crippen molar-refractivity contribution >= 4 is 36.2 Å². The number of phenolic OH excluding ortho intramolecular Hbond substituents is 1. The lowest BCUT2D eigenvalue weighted by molar-refractivity contribution is -0.384. The first kappa shape index (κ1) is 20.7. The number of aliphatic imine (C=N–C) groups is 3. The van der Waals surface area contributed by atoms with Crippen LogP contribution in [0.2, 0.25) is 0 Å². The second-order valence-corrected chi connectivity index (χ2v) is 7.85. The normalized spacial score (nSPS) is 32.7. The summed E-state index contributed by atoms with van der Waals surface area (Å²) in [7, 11) is 0. The molecule has 3 heterocycles. The number of hydrogen-bond acceptors (Lipinski definition) is 12. The van der Waals surface area contributed by atoms with Gasteiger partial charge in [0.1, 0.15) is 42.8 Å². The summed E-state index contributed by atoms with van der Waals surface area (Å²) < 4.78 is 5.55. The minimum absolute atomic E-state index is 0.0121. The third kappa shape index (κ3) is 3.33. The van der Waals surface area contributed by atoms with Gasteiger partial charge in [-0.1, -0.05) is 0 Å². The van der Waals surface area contributed by atoms with Crippen molar-refractivity contribution in [3.05, 3.63) is 33.9 Å². The van der Waals surface area contributed by atoms with Crippen LogP contribution in [0.15, 0.2) is 33.2 Å². The Morgan fingerprint density at radius 2 is 2.13 bits per heavy atom. The second-order valence-electron chi connectivity index (χ2n) is 7.11. The summed E-state index contributed by atoms with van der Waals surface area (Å²) in [4.78, 5) is 23.6. The molecule has 30 heavy (non-hydrogen) atoms. The van der Waals surface area contributed by atoms with Crippen molar-refractivity contribution in [2.75, 3.05) is 13.3 Å². The smallest absolute Gasteiger partial charge is 0.269 e. The van der Waals surface area contributed by atoms with Crippen LogP contribution in [-0.4, -0.2) is 90.8 Å². The standard InChI is InChI=1S/C17H19N5O7S/c23-5-11-12(25)13(26)16(29-11)21-7-19-14-15(21)18-6-20-17(14,30)4-8-3-9(22(27)28)1-2-10(8)24/h1-3,6,11-13,16,23-26,30H,4-5,7H2/t11-,12-,13-,16-,17?/m1/s1. The number of phenols is 1. The van der Waals surface area contributed by atoms with Gasteiger partial charge < -0.3 is 30.1 Å². The summed E-state index contributed by atoms with van der Waals surface area (Å²) in [6, 6.07) is 3.67. The average molecular weight is 437 g/mol. The molecule has 0 bridgehead atoms. The van der Waals surface area contributed by atoms with Crippen molar-refractivity contribution in [1.82, 2.24) is 4.90 Å². The lowest BCUT2D eigenvalue weighted by atomic mass is 9.98. The van der Waals surface area contributed by atoms with Gasteiger partial charge in [0, 0.05) is 24.1 Å². The number of thiol groups is 1. The van der Waals surface area contributed by atoms with Crippen molar-refractivity contribution in [2.45, 2.75) is 35.8 Å². The zero-order chi connectivity index (χ0) is 21.6. The van der Waals surface area contributed by atoms with Gasteiger partial charge in [-0.15, -0.1) is 12.6 Å². The summed E-state index contributed by atoms with van der Waals surface area (Å²) in [5.74, 6) is 0.159. The van der Waals surface area contributed by atoms with Gasteiger partial charge in [-0.05, 0) is 6.07 Å². The molecule has 3 aliphatic heterocycles. The molecule has 0 radical (unpaired) electrons. The van der Waals surface area contributed by atoms with Gasteiger partial charge in [0.25, 0.3) is 5.69 Å². The Morgan fingerprint density at radius 3 is 2.80 bits per heavy atom. The largest absolute Gasteiger partial charge is 0.508 e. The lowest BCUT2D eigenvalue weighted by Gasteiger charge is -2.32. The monoisotopic (exact) mass is 437 g/mol. The Bertz CT molecular complexity index is 970. The average Bonchev–Trinajstić information content (AvgIpc) is 3.26. The molecule has 160 valence electrons. The fraction of sp³-hybridized carbons (Fsp3) is 0.471. The molecule has 1 aromatic carbocycles. The van der Waals surface area contributed by atoms with Gasteiger partial charge in [-0.3, -0.25) is 15.1 Å². The van der Waals surface area contributed by atoms with E-state index in [9.17, 15) is 30.5 Å². The summed E-state index contributed by atoms with van der Waals surface area (Å²) in [5.41, 5.74) is 0.401. The first-order valence-electron chi connectivity index (χ1n) is 8.99. The summed E-state index contributed by atoms with van der Waals surface area (Å²) in [6.45, 7) is -0.430. The van der Waals surface area contributed by atoms with Crippen LogP contribution in [0, 0.1) is 10.1 Å². The van der Waals surface area contributed by atoms with E-state index in [-0.39, 0.29) is 30.1 Å². The van der Waals surface area contributed by atoms with Gasteiger partial charge in [-0.25, -0.2) is 9.98 Å². The number of aromatic hydroxyl groups is 1. The van der Waals surface area contributed by atoms with Crippen molar-refractivity contribution in [2.24, 2.45) is 15.0 Å². The number of aliphatic hydroxyl groups is 3. The molecular weight excluding hydrogens is 418 g/mol. The maximum Gasteiger partial charge on any atom is 0.269 e. The summed E-state index contributed by atoms with van der Waals surface area (Å²) >= 11 is 4.62. The molecule has 4 N–H and O–H groups in total. The number of non-ortho nitro benzene ring substituents is 1. The van der Waals surface area contributed by atoms with Crippen LogP contribution in [0.1, 0.15) is 5.56 Å². The Hall–Kier alpha value is -2.58. The molecule has 0 aromatic heterocycles. The van der Waals surface area contributed by atoms with Crippen LogP contribution in [-0.2, 0) is 11.2 Å². The van der Waals surface area contributed by atoms with Crippen LogP contribution >= 0.6 is 12.6 Å². The molecule has 0 aliphatic carbocycles. The maximum absolute atomic E-state index is 11.1.